The van der Waals surface area contributed by atoms with E-state index in [1.807, 2.05) is 21.8 Å². The van der Waals surface area contributed by atoms with Crippen LogP contribution in [0.15, 0.2) is 43.5 Å². The Morgan fingerprint density at radius 3 is 1.28 bits per heavy atom. The molecule has 5 aliphatic rings. The van der Waals surface area contributed by atoms with Crippen LogP contribution in [0, 0.1) is 16.2 Å². The van der Waals surface area contributed by atoms with Crippen LogP contribution in [-0.2, 0) is 0 Å². The Labute approximate surface area is 156 Å². The average Bonchev–Trinajstić information content (AvgIpc) is 3.12. The van der Waals surface area contributed by atoms with Crippen molar-refractivity contribution in [1.82, 2.24) is 0 Å². The summed E-state index contributed by atoms with van der Waals surface area (Å²) in [5, 5.41) is 7.29. The second-order valence-electron chi connectivity index (χ2n) is 9.99. The molecule has 0 nitrogen and oxygen atoms in total. The van der Waals surface area contributed by atoms with Crippen molar-refractivity contribution < 1.29 is 0 Å². The van der Waals surface area contributed by atoms with Crippen molar-refractivity contribution in [3.05, 3.63) is 43.5 Å². The molecule has 0 aromatic rings. The molecule has 0 fully saturated rings. The summed E-state index contributed by atoms with van der Waals surface area (Å²) >= 11 is 0. The maximum Gasteiger partial charge on any atom is 0.0185 e. The molecule has 0 spiro atoms. The molecule has 4 unspecified atom stereocenters. The van der Waals surface area contributed by atoms with Crippen LogP contribution >= 0.6 is 15.8 Å². The fraction of sp³-hybridized carbons (Fsp3) is 0.652. The molecule has 0 radical (unpaired) electrons. The molecule has 1 aliphatic carbocycles. The maximum atomic E-state index is 2.58. The summed E-state index contributed by atoms with van der Waals surface area (Å²) in [5.74, 6) is 0. The number of rotatable bonds is 0. The van der Waals surface area contributed by atoms with Gasteiger partial charge in [-0.25, -0.2) is 0 Å². The van der Waals surface area contributed by atoms with E-state index in [2.05, 4.69) is 69.2 Å². The Hall–Kier alpha value is -0.180. The normalized spacial score (nSPS) is 49.2. The van der Waals surface area contributed by atoms with E-state index >= 15 is 0 Å². The highest BCUT2D eigenvalue weighted by Gasteiger charge is 2.70. The van der Waals surface area contributed by atoms with Crippen LogP contribution in [0.2, 0.25) is 0 Å². The van der Waals surface area contributed by atoms with Gasteiger partial charge >= 0.3 is 0 Å². The van der Waals surface area contributed by atoms with Gasteiger partial charge in [0.05, 0.1) is 0 Å². The molecule has 4 heterocycles. The highest BCUT2D eigenvalue weighted by molar-refractivity contribution is 7.74. The minimum atomic E-state index is -0.101. The van der Waals surface area contributed by atoms with Gasteiger partial charge in [-0.2, -0.15) is 0 Å². The van der Waals surface area contributed by atoms with E-state index in [0.29, 0.717) is 10.8 Å². The van der Waals surface area contributed by atoms with E-state index < -0.39 is 0 Å². The smallest absolute Gasteiger partial charge is 0.0185 e. The van der Waals surface area contributed by atoms with Crippen LogP contribution in [0.5, 0.6) is 0 Å². The van der Waals surface area contributed by atoms with Crippen molar-refractivity contribution in [2.45, 2.75) is 80.6 Å². The van der Waals surface area contributed by atoms with E-state index in [1.54, 1.807) is 21.8 Å². The van der Waals surface area contributed by atoms with Crippen LogP contribution in [0.1, 0.15) is 69.2 Å². The molecule has 0 aromatic carbocycles. The van der Waals surface area contributed by atoms with Gasteiger partial charge in [0.25, 0.3) is 0 Å². The lowest BCUT2D eigenvalue weighted by atomic mass is 9.58. The summed E-state index contributed by atoms with van der Waals surface area (Å²) in [6.07, 6.45) is 0. The second kappa shape index (κ2) is 4.28. The first-order valence-corrected chi connectivity index (χ1v) is 12.7. The van der Waals surface area contributed by atoms with Crippen molar-refractivity contribution in [3.63, 3.8) is 0 Å². The Bertz CT molecular complexity index is 821. The molecule has 0 saturated carbocycles. The molecular weight excluding hydrogens is 338 g/mol. The fourth-order valence-electron chi connectivity index (χ4n) is 7.57. The highest BCUT2D eigenvalue weighted by atomic mass is 31.1. The van der Waals surface area contributed by atoms with Gasteiger partial charge in [0, 0.05) is 16.2 Å². The third kappa shape index (κ3) is 1.35. The van der Waals surface area contributed by atoms with Gasteiger partial charge in [-0.3, -0.25) is 0 Å². The van der Waals surface area contributed by atoms with Gasteiger partial charge in [-0.05, 0) is 87.3 Å². The molecule has 0 amide bonds. The molecule has 4 aliphatic heterocycles. The van der Waals surface area contributed by atoms with Crippen LogP contribution in [0.4, 0.5) is 0 Å². The van der Waals surface area contributed by atoms with Crippen molar-refractivity contribution >= 4 is 15.8 Å². The summed E-state index contributed by atoms with van der Waals surface area (Å²) in [4.78, 5) is 0. The van der Waals surface area contributed by atoms with Crippen LogP contribution in [-0.4, -0.2) is 11.3 Å². The predicted octanol–water partition coefficient (Wildman–Crippen LogP) is 7.93. The van der Waals surface area contributed by atoms with Crippen molar-refractivity contribution in [2.24, 2.45) is 16.2 Å². The van der Waals surface area contributed by atoms with Gasteiger partial charge in [0.15, 0.2) is 0 Å². The first-order chi connectivity index (χ1) is 11.4. The zero-order chi connectivity index (χ0) is 18.4. The standard InChI is InChI=1S/C23H32P2/c1-11-13(3)24-15(5)22(11,9)19-17(24)18-20(21(19,7)8)23(10)12(2)14(4)25(18)16(23)6/h15-16H,1-10H3/t15?,16?,22-,23+,24?,25?. The van der Waals surface area contributed by atoms with E-state index in [1.165, 1.54) is 0 Å². The second-order valence-corrected chi connectivity index (χ2v) is 15.3. The summed E-state index contributed by atoms with van der Waals surface area (Å²) < 4.78 is 0. The molecule has 134 valence electrons. The van der Waals surface area contributed by atoms with E-state index in [9.17, 15) is 0 Å². The van der Waals surface area contributed by atoms with Crippen molar-refractivity contribution in [3.8, 4) is 0 Å². The highest BCUT2D eigenvalue weighted by Crippen LogP contribution is 2.92. The van der Waals surface area contributed by atoms with Crippen LogP contribution < -0.4 is 0 Å². The van der Waals surface area contributed by atoms with E-state index in [-0.39, 0.29) is 21.3 Å². The molecule has 4 bridgehead atoms. The monoisotopic (exact) mass is 370 g/mol. The quantitative estimate of drug-likeness (QED) is 0.380. The number of fused-ring (bicyclic) bond motifs is 9. The van der Waals surface area contributed by atoms with Crippen LogP contribution in [0.25, 0.3) is 0 Å². The predicted molar refractivity (Wildman–Crippen MR) is 114 cm³/mol. The molecule has 0 aromatic heterocycles. The largest absolute Gasteiger partial charge is 0.0589 e. The summed E-state index contributed by atoms with van der Waals surface area (Å²) in [6.45, 7) is 25.2. The topological polar surface area (TPSA) is 0 Å². The molecule has 6 atom stereocenters. The lowest BCUT2D eigenvalue weighted by molar-refractivity contribution is 0.328. The van der Waals surface area contributed by atoms with E-state index in [4.69, 9.17) is 0 Å². The lowest BCUT2D eigenvalue weighted by Gasteiger charge is -2.45. The summed E-state index contributed by atoms with van der Waals surface area (Å²) in [5.41, 5.74) is 9.60. The fourth-order valence-corrected chi connectivity index (χ4v) is 15.9. The van der Waals surface area contributed by atoms with Gasteiger partial charge in [-0.15, -0.1) is 0 Å². The van der Waals surface area contributed by atoms with Crippen LogP contribution in [0.3, 0.4) is 0 Å². The zero-order valence-corrected chi connectivity index (χ0v) is 19.3. The lowest BCUT2D eigenvalue weighted by Crippen LogP contribution is -2.38. The Balaban J connectivity index is 1.82. The minimum Gasteiger partial charge on any atom is -0.0589 e. The van der Waals surface area contributed by atoms with Gasteiger partial charge in [0.2, 0.25) is 0 Å². The summed E-state index contributed by atoms with van der Waals surface area (Å²) in [6, 6.07) is 0. The number of hydrogen-bond donors (Lipinski definition) is 0. The first-order valence-electron chi connectivity index (χ1n) is 9.89. The minimum absolute atomic E-state index is 0.101. The van der Waals surface area contributed by atoms with Gasteiger partial charge in [-0.1, -0.05) is 52.7 Å². The number of hydrogen-bond acceptors (Lipinski definition) is 0. The third-order valence-corrected chi connectivity index (χ3v) is 16.0. The number of allylic oxidation sites excluding steroid dienone is 8. The Kier molecular flexibility index (Phi) is 2.90. The molecule has 0 N–H and O–H groups in total. The Morgan fingerprint density at radius 1 is 0.640 bits per heavy atom. The zero-order valence-electron chi connectivity index (χ0n) is 17.5. The van der Waals surface area contributed by atoms with Gasteiger partial charge in [0.1, 0.15) is 0 Å². The van der Waals surface area contributed by atoms with E-state index in [0.717, 1.165) is 11.3 Å². The molecule has 2 heteroatoms. The van der Waals surface area contributed by atoms with Gasteiger partial charge < -0.3 is 0 Å². The Morgan fingerprint density at radius 2 is 0.960 bits per heavy atom. The van der Waals surface area contributed by atoms with Crippen molar-refractivity contribution in [2.75, 3.05) is 0 Å². The maximum absolute atomic E-state index is 2.58. The van der Waals surface area contributed by atoms with Crippen molar-refractivity contribution in [1.29, 1.82) is 0 Å². The molecule has 5 rings (SSSR count). The molecular formula is C23H32P2. The average molecular weight is 370 g/mol. The summed E-state index contributed by atoms with van der Waals surface area (Å²) in [7, 11) is -0.203. The third-order valence-electron chi connectivity index (χ3n) is 9.28. The molecule has 0 saturated heterocycles. The SMILES string of the molecule is CC1=C(C)[C@@]2(C)C3=C(C4=C(C3(C)C)[C@@]3(C)C(C)=C(C)P4C3C)P1C2C. The molecule has 25 heavy (non-hydrogen) atoms. The first kappa shape index (κ1) is 17.0.